The predicted molar refractivity (Wildman–Crippen MR) is 64.9 cm³/mol. The summed E-state index contributed by atoms with van der Waals surface area (Å²) in [5.74, 6) is 0. The Morgan fingerprint density at radius 1 is 1.13 bits per heavy atom. The molecule has 1 aromatic carbocycles. The van der Waals surface area contributed by atoms with Gasteiger partial charge in [-0.3, -0.25) is 0 Å². The summed E-state index contributed by atoms with van der Waals surface area (Å²) in [6.45, 7) is 10.5. The highest BCUT2D eigenvalue weighted by Gasteiger charge is 2.27. The van der Waals surface area contributed by atoms with Crippen molar-refractivity contribution in [3.8, 4) is 0 Å². The molecule has 0 heterocycles. The molecule has 0 aromatic heterocycles. The largest absolute Gasteiger partial charge is 0.388 e. The highest BCUT2D eigenvalue weighted by atomic mass is 16.3. The molecule has 1 unspecified atom stereocenters. The van der Waals surface area contributed by atoms with Gasteiger partial charge < -0.3 is 5.11 Å². The van der Waals surface area contributed by atoms with Gasteiger partial charge in [-0.05, 0) is 31.2 Å². The van der Waals surface area contributed by atoms with Gasteiger partial charge in [0, 0.05) is 0 Å². The minimum Gasteiger partial charge on any atom is -0.388 e. The quantitative estimate of drug-likeness (QED) is 0.798. The monoisotopic (exact) mass is 206 g/mol. The maximum Gasteiger partial charge on any atom is 0.0841 e. The number of hydrogen-bond donors (Lipinski definition) is 1. The first-order valence-corrected chi connectivity index (χ1v) is 5.63. The third-order valence-electron chi connectivity index (χ3n) is 3.21. The van der Waals surface area contributed by atoms with Crippen LogP contribution < -0.4 is 0 Å². The van der Waals surface area contributed by atoms with Crippen LogP contribution in [0.15, 0.2) is 18.2 Å². The molecule has 1 nitrogen and oxygen atoms in total. The van der Waals surface area contributed by atoms with E-state index in [1.165, 1.54) is 11.1 Å². The van der Waals surface area contributed by atoms with Gasteiger partial charge in [0.05, 0.1) is 6.10 Å². The molecule has 0 aliphatic rings. The highest BCUT2D eigenvalue weighted by Crippen LogP contribution is 2.36. The van der Waals surface area contributed by atoms with Gasteiger partial charge in [0.15, 0.2) is 0 Å². The number of aryl methyl sites for hydroxylation is 2. The van der Waals surface area contributed by atoms with Crippen molar-refractivity contribution in [1.29, 1.82) is 0 Å². The van der Waals surface area contributed by atoms with E-state index in [9.17, 15) is 5.11 Å². The van der Waals surface area contributed by atoms with Crippen LogP contribution in [0, 0.1) is 19.3 Å². The van der Waals surface area contributed by atoms with Crippen LogP contribution in [0.1, 0.15) is 50.0 Å². The Balaban J connectivity index is 3.06. The molecule has 0 saturated heterocycles. The average molecular weight is 206 g/mol. The van der Waals surface area contributed by atoms with E-state index in [4.69, 9.17) is 0 Å². The van der Waals surface area contributed by atoms with Crippen LogP contribution in [0.4, 0.5) is 0 Å². The van der Waals surface area contributed by atoms with Crippen LogP contribution in [0.3, 0.4) is 0 Å². The van der Waals surface area contributed by atoms with Crippen LogP contribution in [0.5, 0.6) is 0 Å². The number of rotatable bonds is 3. The molecule has 0 aliphatic carbocycles. The number of aliphatic hydroxyl groups is 1. The van der Waals surface area contributed by atoms with Crippen LogP contribution >= 0.6 is 0 Å². The van der Waals surface area contributed by atoms with Crippen molar-refractivity contribution in [2.75, 3.05) is 0 Å². The molecule has 0 saturated carbocycles. The molecule has 1 heteroatoms. The maximum absolute atomic E-state index is 10.3. The first kappa shape index (κ1) is 12.3. The Hall–Kier alpha value is -0.820. The van der Waals surface area contributed by atoms with E-state index in [0.717, 1.165) is 12.0 Å². The molecular weight excluding hydrogens is 184 g/mol. The zero-order valence-corrected chi connectivity index (χ0v) is 10.5. The second-order valence-corrected chi connectivity index (χ2v) is 5.17. The van der Waals surface area contributed by atoms with Gasteiger partial charge in [0.2, 0.25) is 0 Å². The molecular formula is C14H22O. The molecule has 15 heavy (non-hydrogen) atoms. The van der Waals surface area contributed by atoms with Crippen LogP contribution in [-0.4, -0.2) is 5.11 Å². The molecule has 1 aromatic rings. The molecule has 0 amide bonds. The van der Waals surface area contributed by atoms with Crippen molar-refractivity contribution in [1.82, 2.24) is 0 Å². The Morgan fingerprint density at radius 3 is 2.00 bits per heavy atom. The minimum atomic E-state index is -0.374. The summed E-state index contributed by atoms with van der Waals surface area (Å²) in [7, 11) is 0. The Labute approximate surface area is 93.1 Å². The van der Waals surface area contributed by atoms with Gasteiger partial charge >= 0.3 is 0 Å². The zero-order valence-electron chi connectivity index (χ0n) is 10.5. The third-order valence-corrected chi connectivity index (χ3v) is 3.21. The van der Waals surface area contributed by atoms with Gasteiger partial charge in [-0.1, -0.05) is 50.1 Å². The lowest BCUT2D eigenvalue weighted by atomic mass is 9.80. The topological polar surface area (TPSA) is 20.2 Å². The van der Waals surface area contributed by atoms with Crippen LogP contribution in [0.2, 0.25) is 0 Å². The molecule has 0 aliphatic heterocycles. The molecule has 84 valence electrons. The zero-order chi connectivity index (χ0) is 11.6. The van der Waals surface area contributed by atoms with Crippen molar-refractivity contribution >= 4 is 0 Å². The Morgan fingerprint density at radius 2 is 1.60 bits per heavy atom. The van der Waals surface area contributed by atoms with Gasteiger partial charge in [-0.25, -0.2) is 0 Å². The lowest BCUT2D eigenvalue weighted by molar-refractivity contribution is 0.0465. The average Bonchev–Trinajstić information content (AvgIpc) is 2.15. The molecule has 0 bridgehead atoms. The van der Waals surface area contributed by atoms with E-state index >= 15 is 0 Å². The maximum atomic E-state index is 10.3. The standard InChI is InChI=1S/C14H22O/c1-6-14(4,5)13(15)12-8-10(2)7-11(3)9-12/h7-9,13,15H,6H2,1-5H3. The summed E-state index contributed by atoms with van der Waals surface area (Å²) in [6, 6.07) is 6.29. The smallest absolute Gasteiger partial charge is 0.0841 e. The fraction of sp³-hybridized carbons (Fsp3) is 0.571. The van der Waals surface area contributed by atoms with Crippen molar-refractivity contribution in [2.45, 2.75) is 47.1 Å². The lowest BCUT2D eigenvalue weighted by Crippen LogP contribution is -2.21. The first-order valence-electron chi connectivity index (χ1n) is 5.63. The van der Waals surface area contributed by atoms with Gasteiger partial charge in [0.1, 0.15) is 0 Å². The van der Waals surface area contributed by atoms with Crippen molar-refractivity contribution in [2.24, 2.45) is 5.41 Å². The second kappa shape index (κ2) is 4.36. The first-order chi connectivity index (χ1) is 6.86. The molecule has 0 fully saturated rings. The van der Waals surface area contributed by atoms with Crippen molar-refractivity contribution in [3.05, 3.63) is 34.9 Å². The number of benzene rings is 1. The summed E-state index contributed by atoms with van der Waals surface area (Å²) in [5, 5.41) is 10.3. The van der Waals surface area contributed by atoms with E-state index in [-0.39, 0.29) is 11.5 Å². The summed E-state index contributed by atoms with van der Waals surface area (Å²) in [5.41, 5.74) is 3.42. The van der Waals surface area contributed by atoms with E-state index < -0.39 is 0 Å². The SMILES string of the molecule is CCC(C)(C)C(O)c1cc(C)cc(C)c1. The van der Waals surface area contributed by atoms with Crippen molar-refractivity contribution in [3.63, 3.8) is 0 Å². The van der Waals surface area contributed by atoms with Gasteiger partial charge in [-0.2, -0.15) is 0 Å². The van der Waals surface area contributed by atoms with E-state index in [1.807, 2.05) is 0 Å². The molecule has 1 atom stereocenters. The Kier molecular flexibility index (Phi) is 3.56. The van der Waals surface area contributed by atoms with E-state index in [0.29, 0.717) is 0 Å². The fourth-order valence-corrected chi connectivity index (χ4v) is 1.81. The van der Waals surface area contributed by atoms with E-state index in [1.54, 1.807) is 0 Å². The number of aliphatic hydroxyl groups excluding tert-OH is 1. The fourth-order valence-electron chi connectivity index (χ4n) is 1.81. The normalized spacial score (nSPS) is 14.0. The summed E-state index contributed by atoms with van der Waals surface area (Å²) >= 11 is 0. The summed E-state index contributed by atoms with van der Waals surface area (Å²) < 4.78 is 0. The lowest BCUT2D eigenvalue weighted by Gasteiger charge is -2.30. The Bertz CT molecular complexity index is 319. The van der Waals surface area contributed by atoms with Crippen LogP contribution in [-0.2, 0) is 0 Å². The van der Waals surface area contributed by atoms with Crippen LogP contribution in [0.25, 0.3) is 0 Å². The molecule has 1 rings (SSSR count). The number of hydrogen-bond acceptors (Lipinski definition) is 1. The summed E-state index contributed by atoms with van der Waals surface area (Å²) in [6.07, 6.45) is 0.599. The second-order valence-electron chi connectivity index (χ2n) is 5.17. The predicted octanol–water partition coefficient (Wildman–Crippen LogP) is 3.77. The highest BCUT2D eigenvalue weighted by molar-refractivity contribution is 5.30. The van der Waals surface area contributed by atoms with Gasteiger partial charge in [0.25, 0.3) is 0 Å². The minimum absolute atomic E-state index is 0.0553. The van der Waals surface area contributed by atoms with Gasteiger partial charge in [-0.15, -0.1) is 0 Å². The molecule has 1 N–H and O–H groups in total. The molecule has 0 radical (unpaired) electrons. The van der Waals surface area contributed by atoms with E-state index in [2.05, 4.69) is 52.8 Å². The summed E-state index contributed by atoms with van der Waals surface area (Å²) in [4.78, 5) is 0. The molecule has 0 spiro atoms. The van der Waals surface area contributed by atoms with Crippen molar-refractivity contribution < 1.29 is 5.11 Å². The third kappa shape index (κ3) is 2.82.